The second kappa shape index (κ2) is 2.15. The smallest absolute Gasteiger partial charge is 0.324 e. The molecule has 0 amide bonds. The molecule has 0 saturated carbocycles. The lowest BCUT2D eigenvalue weighted by Crippen LogP contribution is -2.50. The van der Waals surface area contributed by atoms with Crippen LogP contribution in [0.3, 0.4) is 0 Å². The SMILES string of the molecule is O=C1OC(=O)[C@@]23CSCC12C1C=CC3O1. The highest BCUT2D eigenvalue weighted by Gasteiger charge is 2.82. The van der Waals surface area contributed by atoms with Crippen LogP contribution < -0.4 is 0 Å². The first kappa shape index (κ1) is 8.35. The third kappa shape index (κ3) is 0.584. The van der Waals surface area contributed by atoms with Crippen molar-refractivity contribution in [3.05, 3.63) is 12.2 Å². The molecule has 4 rings (SSSR count). The second-order valence-corrected chi connectivity index (χ2v) is 5.46. The maximum atomic E-state index is 11.9. The highest BCUT2D eigenvalue weighted by atomic mass is 32.2. The Labute approximate surface area is 90.0 Å². The number of hydrogen-bond acceptors (Lipinski definition) is 5. The lowest BCUT2D eigenvalue weighted by molar-refractivity contribution is -0.159. The minimum absolute atomic E-state index is 0.253. The molecule has 0 aromatic carbocycles. The molecular weight excluding hydrogens is 216 g/mol. The van der Waals surface area contributed by atoms with Crippen LogP contribution in [-0.4, -0.2) is 35.7 Å². The number of rotatable bonds is 0. The van der Waals surface area contributed by atoms with Gasteiger partial charge in [-0.05, 0) is 0 Å². The van der Waals surface area contributed by atoms with Gasteiger partial charge in [-0.15, -0.1) is 0 Å². The van der Waals surface area contributed by atoms with Crippen molar-refractivity contribution in [2.45, 2.75) is 12.2 Å². The van der Waals surface area contributed by atoms with Crippen LogP contribution in [0, 0.1) is 10.8 Å². The summed E-state index contributed by atoms with van der Waals surface area (Å²) in [6.45, 7) is 0. The van der Waals surface area contributed by atoms with Crippen molar-refractivity contribution in [3.8, 4) is 0 Å². The summed E-state index contributed by atoms with van der Waals surface area (Å²) in [5.74, 6) is 0.523. The Morgan fingerprint density at radius 3 is 2.20 bits per heavy atom. The van der Waals surface area contributed by atoms with E-state index in [2.05, 4.69) is 0 Å². The van der Waals surface area contributed by atoms with Crippen molar-refractivity contribution in [3.63, 3.8) is 0 Å². The predicted octanol–water partition coefficient (Wildman–Crippen LogP) is 0.127. The largest absolute Gasteiger partial charge is 0.392 e. The number of fused-ring (bicyclic) bond motifs is 2. The standard InChI is InChI=1S/C10H8O4S/c11-7-9-3-15-4-10(9,8(12)14-7)6-2-1-5(9)13-6/h1-2,5-6H,3-4H2/t5?,6?,9-,10?/m0/s1. The zero-order chi connectivity index (χ0) is 10.3. The molecule has 0 spiro atoms. The number of cyclic esters (lactones) is 2. The van der Waals surface area contributed by atoms with Gasteiger partial charge in [0.15, 0.2) is 0 Å². The summed E-state index contributed by atoms with van der Waals surface area (Å²) < 4.78 is 10.5. The van der Waals surface area contributed by atoms with Gasteiger partial charge in [0.2, 0.25) is 0 Å². The Morgan fingerprint density at radius 1 is 1.13 bits per heavy atom. The lowest BCUT2D eigenvalue weighted by Gasteiger charge is -2.30. The Balaban J connectivity index is 2.05. The molecule has 3 unspecified atom stereocenters. The van der Waals surface area contributed by atoms with Crippen molar-refractivity contribution < 1.29 is 19.1 Å². The summed E-state index contributed by atoms with van der Waals surface area (Å²) in [6, 6.07) is 0. The van der Waals surface area contributed by atoms with Gasteiger partial charge in [-0.25, -0.2) is 0 Å². The highest BCUT2D eigenvalue weighted by Crippen LogP contribution is 2.67. The van der Waals surface area contributed by atoms with Crippen LogP contribution in [0.5, 0.6) is 0 Å². The fourth-order valence-electron chi connectivity index (χ4n) is 3.29. The van der Waals surface area contributed by atoms with E-state index in [1.807, 2.05) is 12.2 Å². The zero-order valence-electron chi connectivity index (χ0n) is 7.76. The first-order valence-electron chi connectivity index (χ1n) is 4.90. The fraction of sp³-hybridized carbons (Fsp3) is 0.600. The quantitative estimate of drug-likeness (QED) is 0.332. The number of ether oxygens (including phenoxy) is 2. The molecule has 0 radical (unpaired) electrons. The van der Waals surface area contributed by atoms with Crippen molar-refractivity contribution in [1.29, 1.82) is 0 Å². The number of carbonyl (C=O) groups excluding carboxylic acids is 2. The molecule has 4 atom stereocenters. The van der Waals surface area contributed by atoms with Crippen LogP contribution in [0.1, 0.15) is 0 Å². The van der Waals surface area contributed by atoms with Crippen LogP contribution in [0.2, 0.25) is 0 Å². The third-order valence-corrected chi connectivity index (χ3v) is 5.41. The topological polar surface area (TPSA) is 52.6 Å². The predicted molar refractivity (Wildman–Crippen MR) is 51.1 cm³/mol. The Morgan fingerprint density at radius 2 is 1.67 bits per heavy atom. The van der Waals surface area contributed by atoms with Gasteiger partial charge < -0.3 is 9.47 Å². The molecule has 4 aliphatic heterocycles. The minimum atomic E-state index is -0.714. The molecule has 5 heteroatoms. The van der Waals surface area contributed by atoms with Gasteiger partial charge in [-0.3, -0.25) is 9.59 Å². The van der Waals surface area contributed by atoms with Gasteiger partial charge in [-0.2, -0.15) is 11.8 Å². The summed E-state index contributed by atoms with van der Waals surface area (Å²) in [7, 11) is 0. The summed E-state index contributed by atoms with van der Waals surface area (Å²) in [5.41, 5.74) is -1.43. The minimum Gasteiger partial charge on any atom is -0.392 e. The van der Waals surface area contributed by atoms with E-state index < -0.39 is 10.8 Å². The van der Waals surface area contributed by atoms with Crippen molar-refractivity contribution in [1.82, 2.24) is 0 Å². The molecule has 0 aromatic heterocycles. The molecule has 15 heavy (non-hydrogen) atoms. The molecule has 0 aliphatic carbocycles. The highest BCUT2D eigenvalue weighted by molar-refractivity contribution is 7.99. The summed E-state index contributed by atoms with van der Waals surface area (Å²) in [5, 5.41) is 0. The van der Waals surface area contributed by atoms with E-state index in [1.54, 1.807) is 11.8 Å². The monoisotopic (exact) mass is 224 g/mol. The maximum Gasteiger partial charge on any atom is 0.324 e. The van der Waals surface area contributed by atoms with E-state index in [4.69, 9.17) is 9.47 Å². The molecular formula is C10H8O4S. The molecule has 2 bridgehead atoms. The van der Waals surface area contributed by atoms with E-state index in [0.29, 0.717) is 11.5 Å². The molecule has 78 valence electrons. The molecule has 4 nitrogen and oxygen atoms in total. The van der Waals surface area contributed by atoms with E-state index >= 15 is 0 Å². The Bertz CT molecular complexity index is 395. The summed E-state index contributed by atoms with van der Waals surface area (Å²) >= 11 is 1.65. The van der Waals surface area contributed by atoms with E-state index in [-0.39, 0.29) is 24.1 Å². The van der Waals surface area contributed by atoms with Gasteiger partial charge in [-0.1, -0.05) is 12.2 Å². The van der Waals surface area contributed by atoms with E-state index in [0.717, 1.165) is 0 Å². The lowest BCUT2D eigenvalue weighted by atomic mass is 9.61. The molecule has 3 fully saturated rings. The number of thioether (sulfide) groups is 1. The first-order chi connectivity index (χ1) is 7.22. The van der Waals surface area contributed by atoms with Gasteiger partial charge in [0, 0.05) is 11.5 Å². The molecule has 4 heterocycles. The maximum absolute atomic E-state index is 11.9. The Hall–Kier alpha value is -0.810. The number of carbonyl (C=O) groups is 2. The van der Waals surface area contributed by atoms with Crippen molar-refractivity contribution in [2.75, 3.05) is 11.5 Å². The number of hydrogen-bond donors (Lipinski definition) is 0. The van der Waals surface area contributed by atoms with Crippen LogP contribution in [-0.2, 0) is 19.1 Å². The normalized spacial score (nSPS) is 54.7. The van der Waals surface area contributed by atoms with Crippen molar-refractivity contribution >= 4 is 23.7 Å². The van der Waals surface area contributed by atoms with Gasteiger partial charge >= 0.3 is 11.9 Å². The summed E-state index contributed by atoms with van der Waals surface area (Å²) in [4.78, 5) is 23.8. The van der Waals surface area contributed by atoms with Crippen LogP contribution in [0.25, 0.3) is 0 Å². The molecule has 3 saturated heterocycles. The number of esters is 2. The zero-order valence-corrected chi connectivity index (χ0v) is 8.58. The van der Waals surface area contributed by atoms with Crippen LogP contribution >= 0.6 is 11.8 Å². The molecule has 0 aromatic rings. The first-order valence-corrected chi connectivity index (χ1v) is 6.05. The molecule has 0 N–H and O–H groups in total. The summed E-state index contributed by atoms with van der Waals surface area (Å²) in [6.07, 6.45) is 3.29. The average Bonchev–Trinajstić information content (AvgIpc) is 2.89. The van der Waals surface area contributed by atoms with Crippen molar-refractivity contribution in [2.24, 2.45) is 10.8 Å². The fourth-order valence-corrected chi connectivity index (χ4v) is 5.12. The van der Waals surface area contributed by atoms with E-state index in [9.17, 15) is 9.59 Å². The van der Waals surface area contributed by atoms with Gasteiger partial charge in [0.05, 0.1) is 12.2 Å². The average molecular weight is 224 g/mol. The second-order valence-electron chi connectivity index (χ2n) is 4.47. The van der Waals surface area contributed by atoms with Crippen LogP contribution in [0.15, 0.2) is 12.2 Å². The third-order valence-electron chi connectivity index (χ3n) is 4.09. The Kier molecular flexibility index (Phi) is 1.20. The van der Waals surface area contributed by atoms with Gasteiger partial charge in [0.25, 0.3) is 0 Å². The van der Waals surface area contributed by atoms with Gasteiger partial charge in [0.1, 0.15) is 10.8 Å². The molecule has 4 aliphatic rings. The van der Waals surface area contributed by atoms with E-state index in [1.165, 1.54) is 0 Å². The van der Waals surface area contributed by atoms with Crippen LogP contribution in [0.4, 0.5) is 0 Å².